The smallest absolute Gasteiger partial charge is 0.137 e. The van der Waals surface area contributed by atoms with E-state index in [9.17, 15) is 0 Å². The molecule has 9 rings (SSSR count). The Morgan fingerprint density at radius 2 is 0.886 bits per heavy atom. The van der Waals surface area contributed by atoms with Gasteiger partial charge < -0.3 is 9.32 Å². The van der Waals surface area contributed by atoms with E-state index in [0.717, 1.165) is 39.0 Å². The molecule has 1 aromatic heterocycles. The second-order valence-corrected chi connectivity index (χ2v) is 11.4. The molecule has 0 aliphatic rings. The van der Waals surface area contributed by atoms with Crippen molar-refractivity contribution in [1.82, 2.24) is 0 Å². The molecule has 0 saturated carbocycles. The number of anilines is 3. The Bertz CT molecular complexity index is 2490. The first-order valence-electron chi connectivity index (χ1n) is 15.0. The van der Waals surface area contributed by atoms with E-state index in [-0.39, 0.29) is 0 Å². The fourth-order valence-corrected chi connectivity index (χ4v) is 6.68. The summed E-state index contributed by atoms with van der Waals surface area (Å²) in [5.41, 5.74) is 7.44. The minimum absolute atomic E-state index is 0.887. The number of para-hydroxylation sites is 2. The van der Waals surface area contributed by atoms with Crippen molar-refractivity contribution in [3.8, 4) is 11.1 Å². The molecule has 0 unspecified atom stereocenters. The highest BCUT2D eigenvalue weighted by Crippen LogP contribution is 2.39. The number of furan rings is 1. The van der Waals surface area contributed by atoms with Crippen molar-refractivity contribution in [3.05, 3.63) is 164 Å². The van der Waals surface area contributed by atoms with E-state index >= 15 is 0 Å². The quantitative estimate of drug-likeness (QED) is 0.199. The van der Waals surface area contributed by atoms with E-state index in [2.05, 4.69) is 157 Å². The van der Waals surface area contributed by atoms with Crippen LogP contribution in [0.4, 0.5) is 17.1 Å². The average molecular weight is 562 g/mol. The zero-order valence-electron chi connectivity index (χ0n) is 23.9. The van der Waals surface area contributed by atoms with Gasteiger partial charge in [0.05, 0.1) is 0 Å². The molecule has 1 heterocycles. The van der Waals surface area contributed by atoms with Crippen molar-refractivity contribution in [1.29, 1.82) is 0 Å². The number of benzene rings is 8. The van der Waals surface area contributed by atoms with E-state index in [0.29, 0.717) is 0 Å². The third kappa shape index (κ3) is 3.96. The lowest BCUT2D eigenvalue weighted by molar-refractivity contribution is 0.669. The maximum absolute atomic E-state index is 6.25. The summed E-state index contributed by atoms with van der Waals surface area (Å²) in [5, 5.41) is 9.95. The zero-order valence-corrected chi connectivity index (χ0v) is 23.9. The molecule has 0 aliphatic carbocycles. The van der Waals surface area contributed by atoms with Gasteiger partial charge in [0.2, 0.25) is 0 Å². The van der Waals surface area contributed by atoms with Gasteiger partial charge in [-0.2, -0.15) is 0 Å². The Labute approximate surface area is 255 Å². The minimum atomic E-state index is 0.887. The molecule has 2 heteroatoms. The Kier molecular flexibility index (Phi) is 5.54. The van der Waals surface area contributed by atoms with Gasteiger partial charge in [-0.15, -0.1) is 0 Å². The summed E-state index contributed by atoms with van der Waals surface area (Å²) in [4.78, 5) is 2.29. The van der Waals surface area contributed by atoms with Gasteiger partial charge in [-0.3, -0.25) is 0 Å². The van der Waals surface area contributed by atoms with Gasteiger partial charge in [0.1, 0.15) is 11.2 Å². The Balaban J connectivity index is 1.14. The van der Waals surface area contributed by atoms with Crippen molar-refractivity contribution < 1.29 is 4.42 Å². The van der Waals surface area contributed by atoms with Crippen LogP contribution in [0.15, 0.2) is 168 Å². The fraction of sp³-hybridized carbons (Fsp3) is 0. The van der Waals surface area contributed by atoms with Gasteiger partial charge in [0.15, 0.2) is 0 Å². The van der Waals surface area contributed by atoms with Gasteiger partial charge in [0.25, 0.3) is 0 Å². The second-order valence-electron chi connectivity index (χ2n) is 11.4. The maximum atomic E-state index is 6.25. The first-order valence-corrected chi connectivity index (χ1v) is 15.0. The summed E-state index contributed by atoms with van der Waals surface area (Å²) in [6.07, 6.45) is 0. The van der Waals surface area contributed by atoms with Crippen molar-refractivity contribution in [3.63, 3.8) is 0 Å². The lowest BCUT2D eigenvalue weighted by Crippen LogP contribution is -2.09. The number of hydrogen-bond donors (Lipinski definition) is 0. The first kappa shape index (κ1) is 24.7. The van der Waals surface area contributed by atoms with Gasteiger partial charge in [-0.25, -0.2) is 0 Å². The summed E-state index contributed by atoms with van der Waals surface area (Å²) in [7, 11) is 0. The number of hydrogen-bond acceptors (Lipinski definition) is 2. The summed E-state index contributed by atoms with van der Waals surface area (Å²) < 4.78 is 6.25. The van der Waals surface area contributed by atoms with E-state index in [1.54, 1.807) is 0 Å². The van der Waals surface area contributed by atoms with Crippen molar-refractivity contribution >= 4 is 71.3 Å². The van der Waals surface area contributed by atoms with Crippen LogP contribution in [0.3, 0.4) is 0 Å². The standard InChI is InChI=1S/C42H27NO/c1-2-9-32(10-3-1)43(34-22-25-39-38-12-6-7-13-41(38)44-42(39)27-34)33-20-16-28(17-21-33)31-15-14-30-19-23-36-35-11-5-4-8-29(35)18-24-37(36)40(30)26-31/h1-27H. The first-order chi connectivity index (χ1) is 21.8. The Morgan fingerprint density at radius 3 is 1.73 bits per heavy atom. The lowest BCUT2D eigenvalue weighted by atomic mass is 9.94. The molecule has 0 spiro atoms. The van der Waals surface area contributed by atoms with Gasteiger partial charge in [-0.1, -0.05) is 109 Å². The van der Waals surface area contributed by atoms with Crippen LogP contribution >= 0.6 is 0 Å². The van der Waals surface area contributed by atoms with Crippen LogP contribution in [0.2, 0.25) is 0 Å². The SMILES string of the molecule is c1ccc(N(c2ccc(-c3ccc4ccc5c6ccccc6ccc5c4c3)cc2)c2ccc3c(c2)oc2ccccc23)cc1. The third-order valence-electron chi connectivity index (χ3n) is 8.84. The molecular weight excluding hydrogens is 534 g/mol. The molecule has 0 atom stereocenters. The minimum Gasteiger partial charge on any atom is -0.456 e. The molecule has 44 heavy (non-hydrogen) atoms. The van der Waals surface area contributed by atoms with Gasteiger partial charge in [-0.05, 0) is 92.0 Å². The normalized spacial score (nSPS) is 11.6. The molecule has 0 aliphatic heterocycles. The number of rotatable bonds is 4. The highest BCUT2D eigenvalue weighted by molar-refractivity contribution is 6.17. The van der Waals surface area contributed by atoms with E-state index in [4.69, 9.17) is 4.42 Å². The number of fused-ring (bicyclic) bond motifs is 8. The molecule has 8 aromatic carbocycles. The summed E-state index contributed by atoms with van der Waals surface area (Å²) in [6, 6.07) is 58.6. The Hall–Kier alpha value is -5.86. The molecule has 0 amide bonds. The van der Waals surface area contributed by atoms with Gasteiger partial charge in [0, 0.05) is 33.9 Å². The van der Waals surface area contributed by atoms with Gasteiger partial charge >= 0.3 is 0 Å². The van der Waals surface area contributed by atoms with Crippen LogP contribution < -0.4 is 4.90 Å². The topological polar surface area (TPSA) is 16.4 Å². The maximum Gasteiger partial charge on any atom is 0.137 e. The second kappa shape index (κ2) is 9.86. The molecule has 0 radical (unpaired) electrons. The molecule has 0 bridgehead atoms. The predicted molar refractivity (Wildman–Crippen MR) is 186 cm³/mol. The zero-order chi connectivity index (χ0) is 29.0. The molecule has 0 saturated heterocycles. The molecule has 9 aromatic rings. The third-order valence-corrected chi connectivity index (χ3v) is 8.84. The Morgan fingerprint density at radius 1 is 0.318 bits per heavy atom. The van der Waals surface area contributed by atoms with Crippen LogP contribution in [0.25, 0.3) is 65.4 Å². The predicted octanol–water partition coefficient (Wildman–Crippen LogP) is 12.2. The molecule has 2 nitrogen and oxygen atoms in total. The molecule has 0 N–H and O–H groups in total. The largest absolute Gasteiger partial charge is 0.456 e. The van der Waals surface area contributed by atoms with Crippen LogP contribution in [-0.2, 0) is 0 Å². The van der Waals surface area contributed by atoms with E-state index in [1.165, 1.54) is 43.4 Å². The van der Waals surface area contributed by atoms with Crippen LogP contribution in [0.1, 0.15) is 0 Å². The molecule has 206 valence electrons. The van der Waals surface area contributed by atoms with Crippen LogP contribution in [-0.4, -0.2) is 0 Å². The monoisotopic (exact) mass is 561 g/mol. The lowest BCUT2D eigenvalue weighted by Gasteiger charge is -2.25. The van der Waals surface area contributed by atoms with Crippen molar-refractivity contribution in [2.45, 2.75) is 0 Å². The number of nitrogens with zero attached hydrogens (tertiary/aromatic N) is 1. The highest BCUT2D eigenvalue weighted by atomic mass is 16.3. The van der Waals surface area contributed by atoms with Crippen LogP contribution in [0, 0.1) is 0 Å². The van der Waals surface area contributed by atoms with Crippen molar-refractivity contribution in [2.24, 2.45) is 0 Å². The molecule has 0 fully saturated rings. The summed E-state index contributed by atoms with van der Waals surface area (Å²) in [5.74, 6) is 0. The summed E-state index contributed by atoms with van der Waals surface area (Å²) >= 11 is 0. The highest BCUT2D eigenvalue weighted by Gasteiger charge is 2.15. The van der Waals surface area contributed by atoms with E-state index < -0.39 is 0 Å². The fourth-order valence-electron chi connectivity index (χ4n) is 6.68. The average Bonchev–Trinajstić information content (AvgIpc) is 3.47. The van der Waals surface area contributed by atoms with E-state index in [1.807, 2.05) is 12.1 Å². The van der Waals surface area contributed by atoms with Crippen molar-refractivity contribution in [2.75, 3.05) is 4.90 Å². The van der Waals surface area contributed by atoms with Crippen LogP contribution in [0.5, 0.6) is 0 Å². The summed E-state index contributed by atoms with van der Waals surface area (Å²) in [6.45, 7) is 0. The molecular formula is C42H27NO.